The van der Waals surface area contributed by atoms with Crippen molar-refractivity contribution in [1.29, 1.82) is 0 Å². The Morgan fingerprint density at radius 2 is 1.69 bits per heavy atom. The molecule has 184 valence electrons. The van der Waals surface area contributed by atoms with Gasteiger partial charge in [0.1, 0.15) is 0 Å². The van der Waals surface area contributed by atoms with Crippen LogP contribution in [0.2, 0.25) is 0 Å². The molecule has 0 saturated carbocycles. The number of nitrogens with zero attached hydrogens (tertiary/aromatic N) is 3. The smallest absolute Gasteiger partial charge is 0.191 e. The number of hydrogen-bond donors (Lipinski definition) is 2. The third kappa shape index (κ3) is 13.6. The highest BCUT2D eigenvalue weighted by Gasteiger charge is 2.16. The van der Waals surface area contributed by atoms with Gasteiger partial charge in [0.15, 0.2) is 5.96 Å². The van der Waals surface area contributed by atoms with Crippen molar-refractivity contribution in [2.45, 2.75) is 32.7 Å². The van der Waals surface area contributed by atoms with Crippen LogP contribution in [-0.2, 0) is 16.0 Å². The van der Waals surface area contributed by atoms with Gasteiger partial charge in [0.05, 0.1) is 13.2 Å². The number of hydrogen-bond acceptors (Lipinski definition) is 5. The number of nitrogens with one attached hydrogen (secondary N) is 2. The first-order valence-corrected chi connectivity index (χ1v) is 11.9. The summed E-state index contributed by atoms with van der Waals surface area (Å²) < 4.78 is 10.5. The third-order valence-electron chi connectivity index (χ3n) is 5.40. The highest BCUT2D eigenvalue weighted by atomic mass is 127. The Morgan fingerprint density at radius 1 is 0.938 bits per heavy atom. The largest absolute Gasteiger partial charge is 0.382 e. The number of rotatable bonds is 15. The summed E-state index contributed by atoms with van der Waals surface area (Å²) in [6, 6.07) is 10.8. The van der Waals surface area contributed by atoms with Crippen molar-refractivity contribution in [1.82, 2.24) is 20.4 Å². The Hall–Kier alpha value is -0.940. The van der Waals surface area contributed by atoms with E-state index in [-0.39, 0.29) is 24.0 Å². The van der Waals surface area contributed by atoms with Gasteiger partial charge in [-0.3, -0.25) is 9.89 Å². The van der Waals surface area contributed by atoms with Gasteiger partial charge >= 0.3 is 0 Å². The van der Waals surface area contributed by atoms with Gasteiger partial charge in [0, 0.05) is 66.1 Å². The van der Waals surface area contributed by atoms with Crippen LogP contribution in [0, 0.1) is 0 Å². The predicted molar refractivity (Wildman–Crippen MR) is 144 cm³/mol. The van der Waals surface area contributed by atoms with E-state index in [9.17, 15) is 0 Å². The van der Waals surface area contributed by atoms with Crippen LogP contribution in [0.5, 0.6) is 0 Å². The maximum atomic E-state index is 5.48. The van der Waals surface area contributed by atoms with E-state index in [0.717, 1.165) is 51.6 Å². The van der Waals surface area contributed by atoms with Gasteiger partial charge in [-0.25, -0.2) is 0 Å². The minimum absolute atomic E-state index is 0. The Kier molecular flexibility index (Phi) is 17.7. The molecule has 7 nitrogen and oxygen atoms in total. The molecule has 2 N–H and O–H groups in total. The van der Waals surface area contributed by atoms with Gasteiger partial charge in [0.2, 0.25) is 0 Å². The van der Waals surface area contributed by atoms with Crippen LogP contribution in [0.3, 0.4) is 0 Å². The average molecular weight is 562 g/mol. The fraction of sp³-hybridized carbons (Fsp3) is 0.708. The number of piperazine rings is 1. The quantitative estimate of drug-likeness (QED) is 0.149. The van der Waals surface area contributed by atoms with Gasteiger partial charge in [0.25, 0.3) is 0 Å². The maximum absolute atomic E-state index is 5.48. The predicted octanol–water partition coefficient (Wildman–Crippen LogP) is 2.81. The molecule has 0 bridgehead atoms. The third-order valence-corrected chi connectivity index (χ3v) is 5.40. The Balaban J connectivity index is 0.00000512. The molecular formula is C24H44IN5O2. The molecule has 8 heteroatoms. The van der Waals surface area contributed by atoms with E-state index in [4.69, 9.17) is 9.47 Å². The molecule has 1 aromatic carbocycles. The minimum Gasteiger partial charge on any atom is -0.382 e. The summed E-state index contributed by atoms with van der Waals surface area (Å²) in [6.07, 6.45) is 3.31. The van der Waals surface area contributed by atoms with Crippen molar-refractivity contribution in [3.8, 4) is 0 Å². The second-order valence-electron chi connectivity index (χ2n) is 7.96. The topological polar surface area (TPSA) is 61.4 Å². The van der Waals surface area contributed by atoms with E-state index in [0.29, 0.717) is 13.2 Å². The Morgan fingerprint density at radius 3 is 2.41 bits per heavy atom. The standard InChI is InChI=1S/C24H43N5O2.HI/c1-3-25-24(27-13-9-19-31-21-20-30-2)26-12-7-8-14-28-15-17-29(18-16-28)22-23-10-5-4-6-11-23;/h4-6,10-11H,3,7-9,12-22H2,1-2H3,(H2,25,26,27);1H. The summed E-state index contributed by atoms with van der Waals surface area (Å²) >= 11 is 0. The monoisotopic (exact) mass is 561 g/mol. The van der Waals surface area contributed by atoms with E-state index in [1.807, 2.05) is 0 Å². The summed E-state index contributed by atoms with van der Waals surface area (Å²) in [6.45, 7) is 13.7. The number of benzene rings is 1. The summed E-state index contributed by atoms with van der Waals surface area (Å²) in [4.78, 5) is 9.79. The van der Waals surface area contributed by atoms with Crippen LogP contribution in [0.1, 0.15) is 31.7 Å². The summed E-state index contributed by atoms with van der Waals surface area (Å²) in [5.74, 6) is 0.911. The average Bonchev–Trinajstić information content (AvgIpc) is 2.80. The molecule has 0 radical (unpaired) electrons. The van der Waals surface area contributed by atoms with Gasteiger partial charge in [-0.2, -0.15) is 0 Å². The molecule has 1 heterocycles. The van der Waals surface area contributed by atoms with Crippen molar-refractivity contribution < 1.29 is 9.47 Å². The van der Waals surface area contributed by atoms with Crippen LogP contribution in [0.4, 0.5) is 0 Å². The molecule has 0 aromatic heterocycles. The number of ether oxygens (including phenoxy) is 2. The van der Waals surface area contributed by atoms with Gasteiger partial charge in [-0.15, -0.1) is 24.0 Å². The minimum atomic E-state index is 0. The van der Waals surface area contributed by atoms with Crippen LogP contribution < -0.4 is 10.6 Å². The van der Waals surface area contributed by atoms with Gasteiger partial charge in [-0.05, 0) is 38.3 Å². The molecule has 0 aliphatic carbocycles. The molecule has 1 aliphatic rings. The van der Waals surface area contributed by atoms with Crippen LogP contribution in [0.25, 0.3) is 0 Å². The van der Waals surface area contributed by atoms with Crippen molar-refractivity contribution in [2.24, 2.45) is 4.99 Å². The van der Waals surface area contributed by atoms with E-state index < -0.39 is 0 Å². The van der Waals surface area contributed by atoms with Crippen molar-refractivity contribution in [3.05, 3.63) is 35.9 Å². The molecule has 0 atom stereocenters. The maximum Gasteiger partial charge on any atom is 0.191 e. The number of halogens is 1. The molecule has 0 unspecified atom stereocenters. The first kappa shape index (κ1) is 29.1. The van der Waals surface area contributed by atoms with Gasteiger partial charge in [-0.1, -0.05) is 30.3 Å². The lowest BCUT2D eigenvalue weighted by molar-refractivity contribution is 0.0702. The van der Waals surface area contributed by atoms with E-state index in [2.05, 4.69) is 62.7 Å². The highest BCUT2D eigenvalue weighted by molar-refractivity contribution is 14.0. The summed E-state index contributed by atoms with van der Waals surface area (Å²) in [5, 5.41) is 6.78. The van der Waals surface area contributed by atoms with Crippen LogP contribution >= 0.6 is 24.0 Å². The Labute approximate surface area is 212 Å². The molecule has 1 saturated heterocycles. The molecule has 1 fully saturated rings. The number of aliphatic imine (C=N–C) groups is 1. The van der Waals surface area contributed by atoms with E-state index in [1.165, 1.54) is 44.7 Å². The van der Waals surface area contributed by atoms with Crippen molar-refractivity contribution in [2.75, 3.05) is 79.3 Å². The van der Waals surface area contributed by atoms with Crippen molar-refractivity contribution >= 4 is 29.9 Å². The molecule has 0 amide bonds. The number of guanidine groups is 1. The fourth-order valence-electron chi connectivity index (χ4n) is 3.62. The highest BCUT2D eigenvalue weighted by Crippen LogP contribution is 2.09. The summed E-state index contributed by atoms with van der Waals surface area (Å²) in [5.41, 5.74) is 1.42. The Bertz CT molecular complexity index is 583. The molecule has 1 aromatic rings. The zero-order valence-corrected chi connectivity index (χ0v) is 22.4. The number of methoxy groups -OCH3 is 1. The molecular weight excluding hydrogens is 517 g/mol. The first-order chi connectivity index (χ1) is 15.3. The second-order valence-corrected chi connectivity index (χ2v) is 7.96. The van der Waals surface area contributed by atoms with Crippen LogP contribution in [-0.4, -0.2) is 95.0 Å². The normalized spacial score (nSPS) is 15.4. The second kappa shape index (κ2) is 19.5. The lowest BCUT2D eigenvalue weighted by Crippen LogP contribution is -2.46. The summed E-state index contributed by atoms with van der Waals surface area (Å²) in [7, 11) is 1.69. The molecule has 32 heavy (non-hydrogen) atoms. The zero-order valence-electron chi connectivity index (χ0n) is 20.1. The molecule has 1 aliphatic heterocycles. The van der Waals surface area contributed by atoms with E-state index in [1.54, 1.807) is 7.11 Å². The SMILES string of the molecule is CCNC(=NCCCOCCOC)NCCCCN1CCN(Cc2ccccc2)CC1.I. The lowest BCUT2D eigenvalue weighted by Gasteiger charge is -2.34. The van der Waals surface area contributed by atoms with Crippen LogP contribution in [0.15, 0.2) is 35.3 Å². The first-order valence-electron chi connectivity index (χ1n) is 11.9. The molecule has 2 rings (SSSR count). The lowest BCUT2D eigenvalue weighted by atomic mass is 10.2. The molecule has 0 spiro atoms. The van der Waals surface area contributed by atoms with Crippen molar-refractivity contribution in [3.63, 3.8) is 0 Å². The fourth-order valence-corrected chi connectivity index (χ4v) is 3.62. The van der Waals surface area contributed by atoms with E-state index >= 15 is 0 Å². The zero-order chi connectivity index (χ0) is 22.0. The number of unbranched alkanes of at least 4 members (excludes halogenated alkanes) is 1. The van der Waals surface area contributed by atoms with Gasteiger partial charge < -0.3 is 25.0 Å².